The third-order valence-corrected chi connectivity index (χ3v) is 6.51. The van der Waals surface area contributed by atoms with Crippen molar-refractivity contribution in [1.29, 1.82) is 0 Å². The van der Waals surface area contributed by atoms with Crippen molar-refractivity contribution < 1.29 is 17.6 Å². The molecule has 5 nitrogen and oxygen atoms in total. The number of nitrogens with one attached hydrogen (secondary N) is 1. The number of sulfonamides is 1. The van der Waals surface area contributed by atoms with Gasteiger partial charge in [-0.05, 0) is 55.5 Å². The molecule has 30 heavy (non-hydrogen) atoms. The van der Waals surface area contributed by atoms with Gasteiger partial charge in [-0.3, -0.25) is 9.10 Å². The molecular weight excluding hydrogens is 450 g/mol. The third-order valence-electron chi connectivity index (χ3n) is 4.18. The van der Waals surface area contributed by atoms with E-state index in [1.165, 1.54) is 48.5 Å². The molecule has 0 aliphatic carbocycles. The molecule has 0 unspecified atom stereocenters. The Morgan fingerprint density at radius 3 is 2.40 bits per heavy atom. The summed E-state index contributed by atoms with van der Waals surface area (Å²) in [7, 11) is -4.15. The molecule has 9 heteroatoms. The highest BCUT2D eigenvalue weighted by molar-refractivity contribution is 7.92. The van der Waals surface area contributed by atoms with E-state index in [2.05, 4.69) is 5.32 Å². The minimum atomic E-state index is -4.15. The number of hydrogen-bond acceptors (Lipinski definition) is 3. The molecule has 3 aromatic carbocycles. The number of hydrogen-bond donors (Lipinski definition) is 1. The third kappa shape index (κ3) is 5.11. The van der Waals surface area contributed by atoms with Crippen molar-refractivity contribution in [3.63, 3.8) is 0 Å². The van der Waals surface area contributed by atoms with Crippen LogP contribution in [-0.4, -0.2) is 20.9 Å². The number of halogens is 3. The molecule has 156 valence electrons. The summed E-state index contributed by atoms with van der Waals surface area (Å²) in [5.74, 6) is -1.21. The van der Waals surface area contributed by atoms with Crippen LogP contribution in [0.25, 0.3) is 0 Å². The first kappa shape index (κ1) is 22.1. The number of anilines is 2. The molecule has 0 spiro atoms. The molecule has 0 heterocycles. The Hall–Kier alpha value is -2.61. The largest absolute Gasteiger partial charge is 0.324 e. The Kier molecular flexibility index (Phi) is 6.65. The molecule has 0 atom stereocenters. The number of carbonyl (C=O) groups excluding carboxylic acids is 1. The molecular formula is C21H17Cl2FN2O3S. The maximum atomic E-state index is 13.4. The fraction of sp³-hybridized carbons (Fsp3) is 0.0952. The lowest BCUT2D eigenvalue weighted by molar-refractivity contribution is -0.114. The van der Waals surface area contributed by atoms with Gasteiger partial charge in [0.25, 0.3) is 10.0 Å². The van der Waals surface area contributed by atoms with E-state index in [9.17, 15) is 17.6 Å². The van der Waals surface area contributed by atoms with Gasteiger partial charge in [0, 0.05) is 10.7 Å². The molecule has 3 aromatic rings. The van der Waals surface area contributed by atoms with Crippen LogP contribution in [0.1, 0.15) is 5.56 Å². The molecule has 1 N–H and O–H groups in total. The summed E-state index contributed by atoms with van der Waals surface area (Å²) in [6, 6.07) is 15.8. The smallest absolute Gasteiger partial charge is 0.264 e. The highest BCUT2D eigenvalue weighted by Gasteiger charge is 2.29. The fourth-order valence-corrected chi connectivity index (χ4v) is 4.58. The second kappa shape index (κ2) is 9.04. The van der Waals surface area contributed by atoms with Gasteiger partial charge in [-0.1, -0.05) is 47.0 Å². The van der Waals surface area contributed by atoms with Crippen LogP contribution < -0.4 is 9.62 Å². The standard InChI is InChI=1S/C21H17Cl2FN2O3S/c1-14-5-8-18(9-6-14)30(28,29)26(20-11-15(22)7-10-19(20)23)13-21(27)25-17-4-2-3-16(24)12-17/h2-12H,13H2,1H3,(H,25,27). The van der Waals surface area contributed by atoms with Crippen LogP contribution in [0.5, 0.6) is 0 Å². The SMILES string of the molecule is Cc1ccc(S(=O)(=O)N(CC(=O)Nc2cccc(F)c2)c2cc(Cl)ccc2Cl)cc1. The number of nitrogens with zero attached hydrogens (tertiary/aromatic N) is 1. The van der Waals surface area contributed by atoms with E-state index in [1.807, 2.05) is 6.92 Å². The van der Waals surface area contributed by atoms with Gasteiger partial charge >= 0.3 is 0 Å². The lowest BCUT2D eigenvalue weighted by Gasteiger charge is -2.25. The van der Waals surface area contributed by atoms with Gasteiger partial charge in [0.05, 0.1) is 15.6 Å². The molecule has 3 rings (SSSR count). The van der Waals surface area contributed by atoms with Crippen LogP contribution in [-0.2, 0) is 14.8 Å². The highest BCUT2D eigenvalue weighted by Crippen LogP contribution is 2.33. The molecule has 1 amide bonds. The first-order valence-corrected chi connectivity index (χ1v) is 11.0. The van der Waals surface area contributed by atoms with E-state index >= 15 is 0 Å². The van der Waals surface area contributed by atoms with Gasteiger partial charge in [0.15, 0.2) is 0 Å². The van der Waals surface area contributed by atoms with Crippen LogP contribution in [0.15, 0.2) is 71.6 Å². The number of carbonyl (C=O) groups is 1. The molecule has 0 bridgehead atoms. The molecule has 0 aliphatic heterocycles. The molecule has 0 aromatic heterocycles. The number of rotatable bonds is 6. The van der Waals surface area contributed by atoms with Crippen molar-refractivity contribution in [2.45, 2.75) is 11.8 Å². The summed E-state index contributed by atoms with van der Waals surface area (Å²) in [5, 5.41) is 2.85. The van der Waals surface area contributed by atoms with Crippen molar-refractivity contribution >= 4 is 50.5 Å². The van der Waals surface area contributed by atoms with Gasteiger partial charge in [0.1, 0.15) is 12.4 Å². The second-order valence-electron chi connectivity index (χ2n) is 6.48. The van der Waals surface area contributed by atoms with Crippen molar-refractivity contribution in [2.75, 3.05) is 16.2 Å². The minimum Gasteiger partial charge on any atom is -0.324 e. The number of amides is 1. The normalized spacial score (nSPS) is 11.2. The zero-order valence-electron chi connectivity index (χ0n) is 15.8. The van der Waals surface area contributed by atoms with Crippen LogP contribution in [0.4, 0.5) is 15.8 Å². The molecule has 0 aliphatic rings. The Morgan fingerprint density at radius 1 is 1.03 bits per heavy atom. The zero-order valence-corrected chi connectivity index (χ0v) is 18.1. The summed E-state index contributed by atoms with van der Waals surface area (Å²) < 4.78 is 40.9. The van der Waals surface area contributed by atoms with Gasteiger partial charge in [-0.25, -0.2) is 12.8 Å². The number of aryl methyl sites for hydroxylation is 1. The zero-order chi connectivity index (χ0) is 21.9. The number of benzene rings is 3. The molecule has 0 radical (unpaired) electrons. The highest BCUT2D eigenvalue weighted by atomic mass is 35.5. The van der Waals surface area contributed by atoms with Crippen LogP contribution in [0.2, 0.25) is 10.0 Å². The van der Waals surface area contributed by atoms with E-state index in [-0.39, 0.29) is 26.3 Å². The Labute approximate surface area is 184 Å². The minimum absolute atomic E-state index is 0.0114. The summed E-state index contributed by atoms with van der Waals surface area (Å²) in [5.41, 5.74) is 1.13. The van der Waals surface area contributed by atoms with Crippen molar-refractivity contribution in [3.8, 4) is 0 Å². The Balaban J connectivity index is 2.00. The lowest BCUT2D eigenvalue weighted by Crippen LogP contribution is -2.38. The average molecular weight is 467 g/mol. The van der Waals surface area contributed by atoms with E-state index in [4.69, 9.17) is 23.2 Å². The van der Waals surface area contributed by atoms with Crippen LogP contribution in [0, 0.1) is 12.7 Å². The summed E-state index contributed by atoms with van der Waals surface area (Å²) in [6.45, 7) is 1.24. The fourth-order valence-electron chi connectivity index (χ4n) is 2.71. The van der Waals surface area contributed by atoms with E-state index in [1.54, 1.807) is 12.1 Å². The monoisotopic (exact) mass is 466 g/mol. The second-order valence-corrected chi connectivity index (χ2v) is 9.18. The van der Waals surface area contributed by atoms with E-state index < -0.39 is 28.3 Å². The van der Waals surface area contributed by atoms with Crippen LogP contribution in [0.3, 0.4) is 0 Å². The summed E-state index contributed by atoms with van der Waals surface area (Å²) in [4.78, 5) is 12.6. The first-order chi connectivity index (χ1) is 14.2. The van der Waals surface area contributed by atoms with Gasteiger partial charge < -0.3 is 5.32 Å². The van der Waals surface area contributed by atoms with Crippen LogP contribution >= 0.6 is 23.2 Å². The Bertz CT molecular complexity index is 1190. The topological polar surface area (TPSA) is 66.5 Å². The predicted molar refractivity (Wildman–Crippen MR) is 117 cm³/mol. The van der Waals surface area contributed by atoms with Crippen molar-refractivity contribution in [1.82, 2.24) is 0 Å². The van der Waals surface area contributed by atoms with E-state index in [0.717, 1.165) is 15.9 Å². The maximum Gasteiger partial charge on any atom is 0.264 e. The first-order valence-electron chi connectivity index (χ1n) is 8.77. The van der Waals surface area contributed by atoms with Crippen molar-refractivity contribution in [3.05, 3.63) is 88.2 Å². The van der Waals surface area contributed by atoms with E-state index in [0.29, 0.717) is 0 Å². The molecule has 0 saturated heterocycles. The van der Waals surface area contributed by atoms with Crippen molar-refractivity contribution in [2.24, 2.45) is 0 Å². The maximum absolute atomic E-state index is 13.4. The van der Waals surface area contributed by atoms with Gasteiger partial charge in [-0.15, -0.1) is 0 Å². The summed E-state index contributed by atoms with van der Waals surface area (Å²) >= 11 is 12.3. The average Bonchev–Trinajstić information content (AvgIpc) is 2.68. The quantitative estimate of drug-likeness (QED) is 0.537. The Morgan fingerprint density at radius 2 is 1.73 bits per heavy atom. The predicted octanol–water partition coefficient (Wildman–Crippen LogP) is 5.27. The molecule has 0 fully saturated rings. The lowest BCUT2D eigenvalue weighted by atomic mass is 10.2. The van der Waals surface area contributed by atoms with Gasteiger partial charge in [-0.2, -0.15) is 0 Å². The van der Waals surface area contributed by atoms with Gasteiger partial charge in [0.2, 0.25) is 5.91 Å². The summed E-state index contributed by atoms with van der Waals surface area (Å²) in [6.07, 6.45) is 0. The molecule has 0 saturated carbocycles.